The fourth-order valence-corrected chi connectivity index (χ4v) is 1.19. The van der Waals surface area contributed by atoms with E-state index in [-0.39, 0.29) is 16.7 Å². The summed E-state index contributed by atoms with van der Waals surface area (Å²) in [6.45, 7) is 1.76. The minimum atomic E-state index is 0.163. The van der Waals surface area contributed by atoms with Gasteiger partial charge < -0.3 is 0 Å². The van der Waals surface area contributed by atoms with E-state index in [9.17, 15) is 14.4 Å². The zero-order valence-corrected chi connectivity index (χ0v) is 7.11. The van der Waals surface area contributed by atoms with Crippen molar-refractivity contribution in [3.8, 4) is 0 Å². The number of hydrogen-bond donors (Lipinski definition) is 0. The molecule has 1 rings (SSSR count). The molecule has 0 aromatic heterocycles. The number of aryl methyl sites for hydroxylation is 1. The number of benzene rings is 1. The van der Waals surface area contributed by atoms with Crippen LogP contribution >= 0.6 is 0 Å². The fourth-order valence-electron chi connectivity index (χ4n) is 1.19. The van der Waals surface area contributed by atoms with Crippen LogP contribution in [0, 0.1) is 6.92 Å². The van der Waals surface area contributed by atoms with Crippen LogP contribution < -0.4 is 0 Å². The lowest BCUT2D eigenvalue weighted by Crippen LogP contribution is -1.98. The van der Waals surface area contributed by atoms with Gasteiger partial charge in [-0.15, -0.1) is 0 Å². The highest BCUT2D eigenvalue weighted by atomic mass is 16.1. The van der Waals surface area contributed by atoms with E-state index in [4.69, 9.17) is 0 Å². The largest absolute Gasteiger partial charge is 0.298 e. The van der Waals surface area contributed by atoms with Crippen LogP contribution in [-0.4, -0.2) is 18.9 Å². The van der Waals surface area contributed by atoms with Gasteiger partial charge in [-0.2, -0.15) is 0 Å². The number of rotatable bonds is 3. The molecule has 0 bridgehead atoms. The first-order chi connectivity index (χ1) is 6.22. The van der Waals surface area contributed by atoms with Crippen LogP contribution in [0.4, 0.5) is 0 Å². The molecule has 3 nitrogen and oxygen atoms in total. The molecule has 0 fully saturated rings. The van der Waals surface area contributed by atoms with Crippen molar-refractivity contribution < 1.29 is 14.4 Å². The van der Waals surface area contributed by atoms with Crippen LogP contribution in [-0.2, 0) is 0 Å². The molecule has 1 aromatic carbocycles. The Hall–Kier alpha value is -1.77. The van der Waals surface area contributed by atoms with Crippen LogP contribution in [0.25, 0.3) is 0 Å². The first-order valence-corrected chi connectivity index (χ1v) is 3.73. The molecule has 66 valence electrons. The van der Waals surface area contributed by atoms with E-state index >= 15 is 0 Å². The van der Waals surface area contributed by atoms with Gasteiger partial charge in [0.2, 0.25) is 0 Å². The number of carbonyl (C=O) groups is 3. The van der Waals surface area contributed by atoms with E-state index in [1.54, 1.807) is 19.1 Å². The first-order valence-electron chi connectivity index (χ1n) is 3.73. The highest BCUT2D eigenvalue weighted by Gasteiger charge is 2.07. The Balaban J connectivity index is 3.50. The van der Waals surface area contributed by atoms with Gasteiger partial charge in [-0.1, -0.05) is 0 Å². The average molecular weight is 176 g/mol. The van der Waals surface area contributed by atoms with Crippen LogP contribution in [0.15, 0.2) is 12.1 Å². The summed E-state index contributed by atoms with van der Waals surface area (Å²) >= 11 is 0. The Kier molecular flexibility index (Phi) is 2.69. The standard InChI is InChI=1S/C10H8O3/c1-7-2-8(4-11)10(6-13)9(3-7)5-12/h2-6H,1H3. The second kappa shape index (κ2) is 3.76. The summed E-state index contributed by atoms with van der Waals surface area (Å²) < 4.78 is 0. The molecule has 0 radical (unpaired) electrons. The van der Waals surface area contributed by atoms with Crippen LogP contribution in [0.3, 0.4) is 0 Å². The van der Waals surface area contributed by atoms with Gasteiger partial charge in [0, 0.05) is 16.7 Å². The highest BCUT2D eigenvalue weighted by Crippen LogP contribution is 2.12. The molecule has 0 aliphatic rings. The predicted molar refractivity (Wildman–Crippen MR) is 47.3 cm³/mol. The zero-order chi connectivity index (χ0) is 9.84. The molecule has 0 saturated carbocycles. The van der Waals surface area contributed by atoms with Crippen molar-refractivity contribution >= 4 is 18.9 Å². The summed E-state index contributed by atoms with van der Waals surface area (Å²) in [4.78, 5) is 31.6. The Bertz CT molecular complexity index is 337. The van der Waals surface area contributed by atoms with E-state index in [0.717, 1.165) is 5.56 Å². The summed E-state index contributed by atoms with van der Waals surface area (Å²) in [5.74, 6) is 0. The van der Waals surface area contributed by atoms with Gasteiger partial charge in [0.05, 0.1) is 0 Å². The average Bonchev–Trinajstić information content (AvgIpc) is 2.16. The normalized spacial score (nSPS) is 9.31. The topological polar surface area (TPSA) is 51.2 Å². The highest BCUT2D eigenvalue weighted by molar-refractivity contribution is 5.98. The minimum Gasteiger partial charge on any atom is -0.298 e. The lowest BCUT2D eigenvalue weighted by molar-refractivity contribution is 0.108. The Morgan fingerprint density at radius 3 is 1.69 bits per heavy atom. The Labute approximate surface area is 75.4 Å². The van der Waals surface area contributed by atoms with Gasteiger partial charge >= 0.3 is 0 Å². The third-order valence-corrected chi connectivity index (χ3v) is 1.76. The van der Waals surface area contributed by atoms with E-state index in [1.807, 2.05) is 0 Å². The molecule has 13 heavy (non-hydrogen) atoms. The Morgan fingerprint density at radius 2 is 1.38 bits per heavy atom. The lowest BCUT2D eigenvalue weighted by Gasteiger charge is -2.02. The maximum absolute atomic E-state index is 10.6. The maximum Gasteiger partial charge on any atom is 0.151 e. The molecule has 3 heteroatoms. The molecule has 1 aromatic rings. The number of carbonyl (C=O) groups excluding carboxylic acids is 3. The number of hydrogen-bond acceptors (Lipinski definition) is 3. The predicted octanol–water partition coefficient (Wildman–Crippen LogP) is 1.43. The van der Waals surface area contributed by atoms with Crippen molar-refractivity contribution in [1.29, 1.82) is 0 Å². The van der Waals surface area contributed by atoms with Gasteiger partial charge in [0.25, 0.3) is 0 Å². The van der Waals surface area contributed by atoms with E-state index < -0.39 is 0 Å². The fraction of sp³-hybridized carbons (Fsp3) is 0.100. The van der Waals surface area contributed by atoms with Gasteiger partial charge in [0.1, 0.15) is 0 Å². The smallest absolute Gasteiger partial charge is 0.151 e. The van der Waals surface area contributed by atoms with Crippen molar-refractivity contribution in [1.82, 2.24) is 0 Å². The van der Waals surface area contributed by atoms with Crippen molar-refractivity contribution in [2.24, 2.45) is 0 Å². The molecular formula is C10H8O3. The van der Waals surface area contributed by atoms with Gasteiger partial charge in [-0.25, -0.2) is 0 Å². The summed E-state index contributed by atoms with van der Waals surface area (Å²) in [5, 5.41) is 0. The third-order valence-electron chi connectivity index (χ3n) is 1.76. The summed E-state index contributed by atoms with van der Waals surface area (Å²) in [7, 11) is 0. The molecule has 0 N–H and O–H groups in total. The van der Waals surface area contributed by atoms with Crippen molar-refractivity contribution in [2.75, 3.05) is 0 Å². The van der Waals surface area contributed by atoms with E-state index in [0.29, 0.717) is 18.9 Å². The van der Waals surface area contributed by atoms with Gasteiger partial charge in [-0.3, -0.25) is 14.4 Å². The molecule has 0 aliphatic heterocycles. The molecule has 0 spiro atoms. The minimum absolute atomic E-state index is 0.163. The molecule has 0 atom stereocenters. The van der Waals surface area contributed by atoms with Crippen LogP contribution in [0.2, 0.25) is 0 Å². The van der Waals surface area contributed by atoms with Crippen molar-refractivity contribution in [3.05, 3.63) is 34.4 Å². The third kappa shape index (κ3) is 1.69. The molecular weight excluding hydrogens is 168 g/mol. The number of aldehydes is 3. The monoisotopic (exact) mass is 176 g/mol. The first kappa shape index (κ1) is 9.32. The molecule has 0 heterocycles. The molecule has 0 amide bonds. The van der Waals surface area contributed by atoms with Gasteiger partial charge in [0.15, 0.2) is 18.9 Å². The molecule has 0 saturated heterocycles. The quantitative estimate of drug-likeness (QED) is 0.654. The van der Waals surface area contributed by atoms with E-state index in [1.165, 1.54) is 0 Å². The molecule has 0 aliphatic carbocycles. The summed E-state index contributed by atoms with van der Waals surface area (Å²) in [6.07, 6.45) is 1.67. The SMILES string of the molecule is Cc1cc(C=O)c(C=O)c(C=O)c1. The molecule has 0 unspecified atom stereocenters. The zero-order valence-electron chi connectivity index (χ0n) is 7.11. The van der Waals surface area contributed by atoms with Crippen molar-refractivity contribution in [2.45, 2.75) is 6.92 Å². The van der Waals surface area contributed by atoms with Crippen LogP contribution in [0.5, 0.6) is 0 Å². The summed E-state index contributed by atoms with van der Waals surface area (Å²) in [6, 6.07) is 3.15. The second-order valence-electron chi connectivity index (χ2n) is 2.71. The van der Waals surface area contributed by atoms with Crippen LogP contribution in [0.1, 0.15) is 36.6 Å². The summed E-state index contributed by atoms with van der Waals surface area (Å²) in [5.41, 5.74) is 1.47. The lowest BCUT2D eigenvalue weighted by atomic mass is 10.0. The maximum atomic E-state index is 10.6. The van der Waals surface area contributed by atoms with E-state index in [2.05, 4.69) is 0 Å². The Morgan fingerprint density at radius 1 is 0.923 bits per heavy atom. The van der Waals surface area contributed by atoms with Gasteiger partial charge in [-0.05, 0) is 24.6 Å². The van der Waals surface area contributed by atoms with Crippen molar-refractivity contribution in [3.63, 3.8) is 0 Å². The second-order valence-corrected chi connectivity index (χ2v) is 2.71.